The highest BCUT2D eigenvalue weighted by molar-refractivity contribution is 5.77. The van der Waals surface area contributed by atoms with Crippen LogP contribution in [0.2, 0.25) is 0 Å². The summed E-state index contributed by atoms with van der Waals surface area (Å²) in [5.41, 5.74) is 0. The normalized spacial score (nSPS) is 12.2. The van der Waals surface area contributed by atoms with E-state index in [2.05, 4.69) is 4.84 Å². The highest BCUT2D eigenvalue weighted by Gasteiger charge is 2.10. The van der Waals surface area contributed by atoms with Crippen LogP contribution in [0.1, 0.15) is 19.8 Å². The largest absolute Gasteiger partial charge is 0.366 e. The van der Waals surface area contributed by atoms with E-state index in [1.165, 1.54) is 14.0 Å². The molecule has 5 heteroatoms. The molecular weight excluding hydrogens is 162 g/mol. The highest BCUT2D eigenvalue weighted by atomic mass is 16.8. The lowest BCUT2D eigenvalue weighted by Gasteiger charge is -2.17. The summed E-state index contributed by atoms with van der Waals surface area (Å²) in [5.74, 6) is -0.331. The van der Waals surface area contributed by atoms with Crippen LogP contribution >= 0.6 is 0 Å². The van der Waals surface area contributed by atoms with Crippen molar-refractivity contribution in [2.24, 2.45) is 0 Å². The molecule has 0 aliphatic heterocycles. The Morgan fingerprint density at radius 3 is 2.75 bits per heavy atom. The first kappa shape index (κ1) is 11.1. The summed E-state index contributed by atoms with van der Waals surface area (Å²) >= 11 is 0. The van der Waals surface area contributed by atoms with Gasteiger partial charge >= 0.3 is 0 Å². The van der Waals surface area contributed by atoms with E-state index in [1.807, 2.05) is 0 Å². The van der Waals surface area contributed by atoms with Crippen LogP contribution in [-0.2, 0) is 14.4 Å². The number of carbonyl (C=O) groups excluding carboxylic acids is 2. The number of aliphatic hydroxyl groups excluding tert-OH is 1. The van der Waals surface area contributed by atoms with Gasteiger partial charge < -0.3 is 9.90 Å². The molecule has 0 aromatic heterocycles. The molecule has 0 aliphatic carbocycles. The molecule has 0 heterocycles. The smallest absolute Gasteiger partial charge is 0.246 e. The molecule has 0 fully saturated rings. The Morgan fingerprint density at radius 1 is 1.75 bits per heavy atom. The van der Waals surface area contributed by atoms with Gasteiger partial charge in [-0.05, 0) is 6.92 Å². The zero-order valence-electron chi connectivity index (χ0n) is 7.19. The van der Waals surface area contributed by atoms with Crippen LogP contribution in [0.5, 0.6) is 0 Å². The fourth-order valence-corrected chi connectivity index (χ4v) is 0.627. The minimum absolute atomic E-state index is 0.104. The number of amides is 1. The van der Waals surface area contributed by atoms with Gasteiger partial charge in [-0.2, -0.15) is 0 Å². The van der Waals surface area contributed by atoms with Crippen LogP contribution in [0.3, 0.4) is 0 Å². The van der Waals surface area contributed by atoms with Crippen LogP contribution in [0.15, 0.2) is 0 Å². The van der Waals surface area contributed by atoms with Crippen molar-refractivity contribution in [3.05, 3.63) is 0 Å². The van der Waals surface area contributed by atoms with Gasteiger partial charge in [0.25, 0.3) is 0 Å². The molecule has 1 N–H and O–H groups in total. The molecule has 12 heavy (non-hydrogen) atoms. The fourth-order valence-electron chi connectivity index (χ4n) is 0.627. The summed E-state index contributed by atoms with van der Waals surface area (Å²) in [4.78, 5) is 25.5. The minimum Gasteiger partial charge on any atom is -0.366 e. The first-order chi connectivity index (χ1) is 5.57. The monoisotopic (exact) mass is 175 g/mol. The molecule has 0 aliphatic rings. The maximum Gasteiger partial charge on any atom is 0.246 e. The van der Waals surface area contributed by atoms with E-state index >= 15 is 0 Å². The van der Waals surface area contributed by atoms with E-state index in [4.69, 9.17) is 5.11 Å². The maximum atomic E-state index is 11.0. The molecular formula is C7H13NO4. The number of aliphatic hydroxyl groups is 1. The molecule has 0 saturated carbocycles. The number of hydroxylamine groups is 2. The van der Waals surface area contributed by atoms with Gasteiger partial charge in [-0.15, -0.1) is 0 Å². The summed E-state index contributed by atoms with van der Waals surface area (Å²) in [5, 5.41) is 9.64. The lowest BCUT2D eigenvalue weighted by Crippen LogP contribution is -2.30. The zero-order chi connectivity index (χ0) is 9.56. The SMILES string of the molecule is CC(O)ON(C)C(=O)CCC=O. The number of nitrogens with zero attached hydrogens (tertiary/aromatic N) is 1. The van der Waals surface area contributed by atoms with Gasteiger partial charge in [-0.25, -0.2) is 9.90 Å². The Bertz CT molecular complexity index is 157. The predicted octanol–water partition coefficient (Wildman–Crippen LogP) is -0.306. The molecule has 0 aromatic carbocycles. The predicted molar refractivity (Wildman–Crippen MR) is 40.8 cm³/mol. The van der Waals surface area contributed by atoms with Crippen LogP contribution in [0.25, 0.3) is 0 Å². The van der Waals surface area contributed by atoms with Crippen LogP contribution < -0.4 is 0 Å². The maximum absolute atomic E-state index is 11.0. The van der Waals surface area contributed by atoms with E-state index in [-0.39, 0.29) is 18.7 Å². The molecule has 1 atom stereocenters. The van der Waals surface area contributed by atoms with E-state index in [9.17, 15) is 9.59 Å². The third kappa shape index (κ3) is 4.81. The molecule has 0 radical (unpaired) electrons. The van der Waals surface area contributed by atoms with Gasteiger partial charge in [0.15, 0.2) is 6.29 Å². The van der Waals surface area contributed by atoms with Crippen molar-refractivity contribution in [1.29, 1.82) is 0 Å². The molecule has 0 aromatic rings. The average Bonchev–Trinajstić information content (AvgIpc) is 1.98. The quantitative estimate of drug-likeness (QED) is 0.353. The number of carbonyl (C=O) groups is 2. The molecule has 1 amide bonds. The molecule has 0 spiro atoms. The standard InChI is InChI=1S/C7H13NO4/c1-6(10)12-8(2)7(11)4-3-5-9/h5-6,10H,3-4H2,1-2H3. The fraction of sp³-hybridized carbons (Fsp3) is 0.714. The summed E-state index contributed by atoms with van der Waals surface area (Å²) in [6, 6.07) is 0. The number of hydrogen-bond acceptors (Lipinski definition) is 4. The number of hydrogen-bond donors (Lipinski definition) is 1. The Morgan fingerprint density at radius 2 is 2.33 bits per heavy atom. The highest BCUT2D eigenvalue weighted by Crippen LogP contribution is 1.96. The summed E-state index contributed by atoms with van der Waals surface area (Å²) in [6.07, 6.45) is -0.0807. The second-order valence-electron chi connectivity index (χ2n) is 2.30. The minimum atomic E-state index is -1.02. The van der Waals surface area contributed by atoms with Crippen molar-refractivity contribution < 1.29 is 19.5 Å². The van der Waals surface area contributed by atoms with Crippen molar-refractivity contribution in [3.8, 4) is 0 Å². The van der Waals surface area contributed by atoms with Gasteiger partial charge in [0.2, 0.25) is 5.91 Å². The Hall–Kier alpha value is -0.940. The molecule has 0 saturated heterocycles. The second-order valence-corrected chi connectivity index (χ2v) is 2.30. The van der Waals surface area contributed by atoms with Crippen molar-refractivity contribution in [1.82, 2.24) is 5.06 Å². The Kier molecular flexibility index (Phi) is 5.23. The summed E-state index contributed by atoms with van der Waals surface area (Å²) in [6.45, 7) is 1.39. The third-order valence-electron chi connectivity index (χ3n) is 1.14. The van der Waals surface area contributed by atoms with Crippen LogP contribution in [0, 0.1) is 0 Å². The van der Waals surface area contributed by atoms with Gasteiger partial charge in [0.1, 0.15) is 6.29 Å². The van der Waals surface area contributed by atoms with E-state index < -0.39 is 6.29 Å². The Balaban J connectivity index is 3.68. The number of aldehydes is 1. The van der Waals surface area contributed by atoms with Gasteiger partial charge in [0, 0.05) is 19.9 Å². The van der Waals surface area contributed by atoms with E-state index in [0.717, 1.165) is 5.06 Å². The molecule has 0 bridgehead atoms. The van der Waals surface area contributed by atoms with Gasteiger partial charge in [0.05, 0.1) is 0 Å². The van der Waals surface area contributed by atoms with E-state index in [1.54, 1.807) is 0 Å². The van der Waals surface area contributed by atoms with Crippen molar-refractivity contribution in [2.45, 2.75) is 26.1 Å². The first-order valence-electron chi connectivity index (χ1n) is 3.63. The van der Waals surface area contributed by atoms with Gasteiger partial charge in [-0.1, -0.05) is 0 Å². The van der Waals surface area contributed by atoms with Crippen LogP contribution in [0.4, 0.5) is 0 Å². The molecule has 0 rings (SSSR count). The number of rotatable bonds is 5. The third-order valence-corrected chi connectivity index (χ3v) is 1.14. The topological polar surface area (TPSA) is 66.8 Å². The lowest BCUT2D eigenvalue weighted by molar-refractivity contribution is -0.239. The average molecular weight is 175 g/mol. The van der Waals surface area contributed by atoms with Gasteiger partial charge in [-0.3, -0.25) is 4.79 Å². The molecule has 5 nitrogen and oxygen atoms in total. The lowest BCUT2D eigenvalue weighted by atomic mass is 10.3. The van der Waals surface area contributed by atoms with Crippen molar-refractivity contribution in [2.75, 3.05) is 7.05 Å². The van der Waals surface area contributed by atoms with Crippen molar-refractivity contribution in [3.63, 3.8) is 0 Å². The second kappa shape index (κ2) is 5.68. The van der Waals surface area contributed by atoms with E-state index in [0.29, 0.717) is 6.29 Å². The molecule has 70 valence electrons. The first-order valence-corrected chi connectivity index (χ1v) is 3.63. The molecule has 1 unspecified atom stereocenters. The zero-order valence-corrected chi connectivity index (χ0v) is 7.19. The van der Waals surface area contributed by atoms with Crippen molar-refractivity contribution >= 4 is 12.2 Å². The van der Waals surface area contributed by atoms with Crippen LogP contribution in [-0.4, -0.2) is 35.7 Å². The summed E-state index contributed by atoms with van der Waals surface area (Å²) < 4.78 is 0. The summed E-state index contributed by atoms with van der Waals surface area (Å²) in [7, 11) is 1.39. The Labute approximate surface area is 70.9 Å².